The molecule has 0 amide bonds. The molecule has 0 aromatic heterocycles. The molecule has 13 heavy (non-hydrogen) atoms. The van der Waals surface area contributed by atoms with Crippen LogP contribution in [0.15, 0.2) is 0 Å². The van der Waals surface area contributed by atoms with E-state index in [2.05, 4.69) is 13.8 Å². The fraction of sp³-hybridized carbons (Fsp3) is 1.00. The van der Waals surface area contributed by atoms with Crippen molar-refractivity contribution in [2.75, 3.05) is 0 Å². The van der Waals surface area contributed by atoms with Gasteiger partial charge in [0.2, 0.25) is 0 Å². The van der Waals surface area contributed by atoms with Crippen molar-refractivity contribution in [2.45, 2.75) is 52.0 Å². The van der Waals surface area contributed by atoms with Crippen LogP contribution in [0.4, 0.5) is 0 Å². The molecule has 0 aliphatic carbocycles. The Bertz CT molecular complexity index is 123. The third-order valence-electron chi connectivity index (χ3n) is 2.40. The number of hydrogen-bond acceptors (Lipinski definition) is 3. The molecule has 0 saturated heterocycles. The molecule has 0 heterocycles. The summed E-state index contributed by atoms with van der Waals surface area (Å²) in [5.41, 5.74) is 0. The summed E-state index contributed by atoms with van der Waals surface area (Å²) in [6.45, 7) is 4.31. The summed E-state index contributed by atoms with van der Waals surface area (Å²) in [6, 6.07) is 0.188. The summed E-state index contributed by atoms with van der Waals surface area (Å²) in [6.07, 6.45) is 5.26. The molecule has 80 valence electrons. The lowest BCUT2D eigenvalue weighted by Crippen LogP contribution is -2.34. The van der Waals surface area contributed by atoms with Crippen LogP contribution in [0.25, 0.3) is 0 Å². The van der Waals surface area contributed by atoms with Gasteiger partial charge in [0.15, 0.2) is 0 Å². The fourth-order valence-electron chi connectivity index (χ4n) is 1.59. The van der Waals surface area contributed by atoms with Gasteiger partial charge in [0.05, 0.1) is 0 Å². The maximum atomic E-state index is 8.78. The molecule has 0 aliphatic rings. The normalized spacial score (nSPS) is 14.5. The quantitative estimate of drug-likeness (QED) is 0.553. The smallest absolute Gasteiger partial charge is 0.390 e. The average Bonchev–Trinajstić information content (AvgIpc) is 2.01. The van der Waals surface area contributed by atoms with Crippen LogP contribution in [0.3, 0.4) is 0 Å². The van der Waals surface area contributed by atoms with Gasteiger partial charge in [-0.25, -0.2) is 0 Å². The molecular formula is C9H22O3Si. The first-order valence-electron chi connectivity index (χ1n) is 5.16. The first-order valence-corrected chi connectivity index (χ1v) is 7.21. The van der Waals surface area contributed by atoms with Crippen molar-refractivity contribution in [1.29, 1.82) is 0 Å². The molecule has 0 radical (unpaired) electrons. The van der Waals surface area contributed by atoms with Crippen LogP contribution in [0.1, 0.15) is 46.0 Å². The second-order valence-electron chi connectivity index (χ2n) is 3.73. The van der Waals surface area contributed by atoms with Crippen molar-refractivity contribution in [3.05, 3.63) is 0 Å². The molecule has 0 spiro atoms. The second-order valence-corrected chi connectivity index (χ2v) is 5.78. The van der Waals surface area contributed by atoms with E-state index in [0.29, 0.717) is 5.92 Å². The monoisotopic (exact) mass is 206 g/mol. The van der Waals surface area contributed by atoms with Crippen molar-refractivity contribution in [1.82, 2.24) is 0 Å². The molecule has 0 aromatic carbocycles. The Morgan fingerprint density at radius 2 is 1.69 bits per heavy atom. The predicted molar refractivity (Wildman–Crippen MR) is 55.1 cm³/mol. The van der Waals surface area contributed by atoms with E-state index in [1.54, 1.807) is 0 Å². The first kappa shape index (κ1) is 13.1. The van der Waals surface area contributed by atoms with Gasteiger partial charge in [-0.1, -0.05) is 39.5 Å². The Hall–Kier alpha value is 0.0969. The summed E-state index contributed by atoms with van der Waals surface area (Å²) in [7, 11) is -3.76. The molecule has 0 aliphatic heterocycles. The van der Waals surface area contributed by atoms with Gasteiger partial charge in [-0.2, -0.15) is 0 Å². The van der Waals surface area contributed by atoms with Crippen LogP contribution in [0.5, 0.6) is 0 Å². The molecule has 4 heteroatoms. The highest BCUT2D eigenvalue weighted by Gasteiger charge is 2.25. The lowest BCUT2D eigenvalue weighted by Gasteiger charge is -2.14. The van der Waals surface area contributed by atoms with E-state index in [1.807, 2.05) is 0 Å². The standard InChI is InChI=1S/C9H22O3Si/c1-3-6-9(4-2)7-5-8-13(10,11)12/h9-12H,3-8H2,1-2H3/t9-/m1/s1. The van der Waals surface area contributed by atoms with Crippen molar-refractivity contribution in [3.63, 3.8) is 0 Å². The molecule has 0 rings (SSSR count). The van der Waals surface area contributed by atoms with Crippen molar-refractivity contribution in [2.24, 2.45) is 5.92 Å². The van der Waals surface area contributed by atoms with Crippen molar-refractivity contribution in [3.8, 4) is 0 Å². The Morgan fingerprint density at radius 3 is 2.08 bits per heavy atom. The number of rotatable bonds is 7. The summed E-state index contributed by atoms with van der Waals surface area (Å²) < 4.78 is 0. The fourth-order valence-corrected chi connectivity index (χ4v) is 2.27. The minimum Gasteiger partial charge on any atom is -0.390 e. The van der Waals surface area contributed by atoms with Gasteiger partial charge < -0.3 is 14.4 Å². The van der Waals surface area contributed by atoms with Crippen LogP contribution in [0.2, 0.25) is 6.04 Å². The molecule has 0 saturated carbocycles. The van der Waals surface area contributed by atoms with Crippen LogP contribution in [-0.2, 0) is 0 Å². The average molecular weight is 206 g/mol. The third-order valence-corrected chi connectivity index (χ3v) is 3.42. The van der Waals surface area contributed by atoms with Gasteiger partial charge in [-0.05, 0) is 12.3 Å². The molecule has 0 unspecified atom stereocenters. The molecular weight excluding hydrogens is 184 g/mol. The van der Waals surface area contributed by atoms with E-state index < -0.39 is 8.80 Å². The lowest BCUT2D eigenvalue weighted by molar-refractivity contribution is 0.224. The summed E-state index contributed by atoms with van der Waals surface area (Å²) >= 11 is 0. The van der Waals surface area contributed by atoms with Crippen LogP contribution in [-0.4, -0.2) is 23.2 Å². The van der Waals surface area contributed by atoms with Gasteiger partial charge in [0, 0.05) is 6.04 Å². The molecule has 3 N–H and O–H groups in total. The largest absolute Gasteiger partial charge is 0.492 e. The van der Waals surface area contributed by atoms with Gasteiger partial charge in [-0.3, -0.25) is 0 Å². The second kappa shape index (κ2) is 6.54. The van der Waals surface area contributed by atoms with E-state index in [9.17, 15) is 0 Å². The van der Waals surface area contributed by atoms with Crippen LogP contribution >= 0.6 is 0 Å². The van der Waals surface area contributed by atoms with E-state index in [4.69, 9.17) is 14.4 Å². The van der Waals surface area contributed by atoms with E-state index in [-0.39, 0.29) is 6.04 Å². The minimum atomic E-state index is -3.76. The van der Waals surface area contributed by atoms with Crippen molar-refractivity contribution < 1.29 is 14.4 Å². The van der Waals surface area contributed by atoms with Gasteiger partial charge in [0.1, 0.15) is 0 Å². The van der Waals surface area contributed by atoms with Crippen LogP contribution < -0.4 is 0 Å². The highest BCUT2D eigenvalue weighted by Crippen LogP contribution is 2.19. The summed E-state index contributed by atoms with van der Waals surface area (Å²) in [5, 5.41) is 0. The first-order chi connectivity index (χ1) is 5.99. The summed E-state index contributed by atoms with van der Waals surface area (Å²) in [5.74, 6) is 0.682. The molecule has 0 bridgehead atoms. The van der Waals surface area contributed by atoms with Crippen LogP contribution in [0, 0.1) is 5.92 Å². The maximum absolute atomic E-state index is 8.78. The lowest BCUT2D eigenvalue weighted by atomic mass is 9.96. The highest BCUT2D eigenvalue weighted by molar-refractivity contribution is 6.56. The highest BCUT2D eigenvalue weighted by atomic mass is 28.4. The molecule has 1 atom stereocenters. The van der Waals surface area contributed by atoms with Crippen molar-refractivity contribution >= 4 is 8.80 Å². The Labute approximate surface area is 81.8 Å². The molecule has 0 fully saturated rings. The zero-order valence-corrected chi connectivity index (χ0v) is 9.66. The molecule has 0 aromatic rings. The zero-order chi connectivity index (χ0) is 10.3. The SMILES string of the molecule is CCC[C@@H](CC)CCC[Si](O)(O)O. The Morgan fingerprint density at radius 1 is 1.08 bits per heavy atom. The maximum Gasteiger partial charge on any atom is 0.492 e. The summed E-state index contributed by atoms with van der Waals surface area (Å²) in [4.78, 5) is 26.3. The number of hydrogen-bond donors (Lipinski definition) is 3. The predicted octanol–water partition coefficient (Wildman–Crippen LogP) is 1.51. The molecule has 3 nitrogen and oxygen atoms in total. The zero-order valence-electron chi connectivity index (χ0n) is 8.66. The third kappa shape index (κ3) is 8.43. The van der Waals surface area contributed by atoms with E-state index in [1.165, 1.54) is 12.8 Å². The van der Waals surface area contributed by atoms with E-state index in [0.717, 1.165) is 19.3 Å². The van der Waals surface area contributed by atoms with E-state index >= 15 is 0 Å². The van der Waals surface area contributed by atoms with Gasteiger partial charge in [-0.15, -0.1) is 0 Å². The Kier molecular flexibility index (Phi) is 6.58. The minimum absolute atomic E-state index is 0.188. The Balaban J connectivity index is 3.49. The van der Waals surface area contributed by atoms with Gasteiger partial charge >= 0.3 is 8.80 Å². The van der Waals surface area contributed by atoms with Gasteiger partial charge in [0.25, 0.3) is 0 Å². The topological polar surface area (TPSA) is 60.7 Å².